The van der Waals surface area contributed by atoms with Gasteiger partial charge in [-0.3, -0.25) is 9.58 Å². The lowest BCUT2D eigenvalue weighted by atomic mass is 9.78. The van der Waals surface area contributed by atoms with Crippen LogP contribution in [0.2, 0.25) is 0 Å². The molecule has 3 atom stereocenters. The van der Waals surface area contributed by atoms with E-state index in [0.717, 1.165) is 19.0 Å². The summed E-state index contributed by atoms with van der Waals surface area (Å²) in [7, 11) is 4.19. The molecular formula is C14H26N4. The van der Waals surface area contributed by atoms with Crippen LogP contribution < -0.4 is 5.73 Å². The van der Waals surface area contributed by atoms with Crippen LogP contribution in [0.15, 0.2) is 12.4 Å². The van der Waals surface area contributed by atoms with Crippen LogP contribution in [-0.4, -0.2) is 34.3 Å². The third-order valence-corrected chi connectivity index (χ3v) is 4.28. The lowest BCUT2D eigenvalue weighted by Gasteiger charge is -2.40. The van der Waals surface area contributed by atoms with Crippen molar-refractivity contribution in [3.8, 4) is 0 Å². The summed E-state index contributed by atoms with van der Waals surface area (Å²) in [4.78, 5) is 2.46. The maximum absolute atomic E-state index is 5.93. The Bertz CT molecular complexity index is 374. The highest BCUT2D eigenvalue weighted by Gasteiger charge is 2.30. The van der Waals surface area contributed by atoms with E-state index in [0.29, 0.717) is 12.0 Å². The summed E-state index contributed by atoms with van der Waals surface area (Å²) in [5.74, 6) is 1.48. The van der Waals surface area contributed by atoms with Gasteiger partial charge in [0.2, 0.25) is 0 Å². The number of aryl methyl sites for hydroxylation is 1. The highest BCUT2D eigenvalue weighted by molar-refractivity contribution is 5.04. The van der Waals surface area contributed by atoms with Crippen molar-refractivity contribution in [3.05, 3.63) is 18.0 Å². The number of rotatable bonds is 4. The molecule has 2 rings (SSSR count). The molecule has 2 N–H and O–H groups in total. The predicted molar refractivity (Wildman–Crippen MR) is 74.0 cm³/mol. The van der Waals surface area contributed by atoms with Gasteiger partial charge in [-0.2, -0.15) is 5.10 Å². The molecule has 0 aliphatic heterocycles. The smallest absolute Gasteiger partial charge is 0.0534 e. The second-order valence-electron chi connectivity index (χ2n) is 5.92. The normalized spacial score (nSPS) is 28.8. The summed E-state index contributed by atoms with van der Waals surface area (Å²) in [6.45, 7) is 4.15. The quantitative estimate of drug-likeness (QED) is 0.883. The zero-order valence-electron chi connectivity index (χ0n) is 11.8. The Kier molecular flexibility index (Phi) is 4.40. The van der Waals surface area contributed by atoms with Crippen molar-refractivity contribution >= 4 is 0 Å². The molecule has 4 nitrogen and oxygen atoms in total. The molecule has 3 unspecified atom stereocenters. The van der Waals surface area contributed by atoms with Crippen LogP contribution in [0.5, 0.6) is 0 Å². The summed E-state index contributed by atoms with van der Waals surface area (Å²) >= 11 is 0. The minimum atomic E-state index is 0.624. The highest BCUT2D eigenvalue weighted by Crippen LogP contribution is 2.31. The summed E-state index contributed by atoms with van der Waals surface area (Å²) in [6, 6.07) is 0.624. The number of hydrogen-bond donors (Lipinski definition) is 1. The molecular weight excluding hydrogens is 224 g/mol. The summed E-state index contributed by atoms with van der Waals surface area (Å²) in [6.07, 6.45) is 7.94. The summed E-state index contributed by atoms with van der Waals surface area (Å²) < 4.78 is 1.87. The summed E-state index contributed by atoms with van der Waals surface area (Å²) in [5.41, 5.74) is 7.22. The number of nitrogens with zero attached hydrogens (tertiary/aromatic N) is 3. The maximum Gasteiger partial charge on any atom is 0.0534 e. The molecule has 1 saturated carbocycles. The van der Waals surface area contributed by atoms with Gasteiger partial charge in [-0.05, 0) is 38.3 Å². The molecule has 0 aromatic carbocycles. The van der Waals surface area contributed by atoms with E-state index in [2.05, 4.69) is 30.2 Å². The Hall–Kier alpha value is -0.870. The summed E-state index contributed by atoms with van der Waals surface area (Å²) in [5, 5.41) is 4.23. The zero-order chi connectivity index (χ0) is 13.1. The van der Waals surface area contributed by atoms with Crippen molar-refractivity contribution in [2.75, 3.05) is 13.6 Å². The molecule has 0 amide bonds. The molecule has 102 valence electrons. The standard InChI is InChI=1S/C14H26N4/c1-11-4-5-13(7-15)14(6-11)17(2)9-12-8-16-18(3)10-12/h8,10-11,13-14H,4-7,9,15H2,1-3H3. The molecule has 1 aliphatic carbocycles. The van der Waals surface area contributed by atoms with E-state index < -0.39 is 0 Å². The predicted octanol–water partition coefficient (Wildman–Crippen LogP) is 1.62. The van der Waals surface area contributed by atoms with Gasteiger partial charge in [0.15, 0.2) is 0 Å². The lowest BCUT2D eigenvalue weighted by molar-refractivity contribution is 0.103. The highest BCUT2D eigenvalue weighted by atomic mass is 15.2. The van der Waals surface area contributed by atoms with E-state index in [1.807, 2.05) is 17.9 Å². The average Bonchev–Trinajstić information content (AvgIpc) is 2.74. The maximum atomic E-state index is 5.93. The van der Waals surface area contributed by atoms with Crippen molar-refractivity contribution < 1.29 is 0 Å². The van der Waals surface area contributed by atoms with Crippen molar-refractivity contribution in [2.24, 2.45) is 24.6 Å². The topological polar surface area (TPSA) is 47.1 Å². The Morgan fingerprint density at radius 2 is 2.28 bits per heavy atom. The molecule has 1 aromatic heterocycles. The molecule has 0 saturated heterocycles. The second kappa shape index (κ2) is 5.85. The van der Waals surface area contributed by atoms with Gasteiger partial charge in [0.25, 0.3) is 0 Å². The van der Waals surface area contributed by atoms with Gasteiger partial charge in [0.05, 0.1) is 6.20 Å². The third kappa shape index (κ3) is 3.12. The van der Waals surface area contributed by atoms with E-state index in [-0.39, 0.29) is 0 Å². The Balaban J connectivity index is 1.99. The van der Waals surface area contributed by atoms with E-state index in [1.54, 1.807) is 0 Å². The Morgan fingerprint density at radius 1 is 1.50 bits per heavy atom. The first-order valence-electron chi connectivity index (χ1n) is 6.98. The van der Waals surface area contributed by atoms with Crippen molar-refractivity contribution in [1.82, 2.24) is 14.7 Å². The molecule has 1 fully saturated rings. The fourth-order valence-electron chi connectivity index (χ4n) is 3.19. The molecule has 0 radical (unpaired) electrons. The van der Waals surface area contributed by atoms with E-state index in [9.17, 15) is 0 Å². The fourth-order valence-corrected chi connectivity index (χ4v) is 3.19. The second-order valence-corrected chi connectivity index (χ2v) is 5.92. The van der Waals surface area contributed by atoms with Gasteiger partial charge in [-0.25, -0.2) is 0 Å². The van der Waals surface area contributed by atoms with Crippen LogP contribution in [0, 0.1) is 11.8 Å². The van der Waals surface area contributed by atoms with Gasteiger partial charge in [0, 0.05) is 31.4 Å². The first kappa shape index (κ1) is 13.6. The number of hydrogen-bond acceptors (Lipinski definition) is 3. The fraction of sp³-hybridized carbons (Fsp3) is 0.786. The molecule has 1 aliphatic rings. The number of nitrogens with two attached hydrogens (primary N) is 1. The van der Waals surface area contributed by atoms with Crippen molar-refractivity contribution in [3.63, 3.8) is 0 Å². The minimum absolute atomic E-state index is 0.624. The third-order valence-electron chi connectivity index (χ3n) is 4.28. The zero-order valence-corrected chi connectivity index (χ0v) is 11.8. The van der Waals surface area contributed by atoms with Crippen LogP contribution in [0.3, 0.4) is 0 Å². The average molecular weight is 250 g/mol. The Morgan fingerprint density at radius 3 is 2.89 bits per heavy atom. The van der Waals surface area contributed by atoms with Crippen LogP contribution in [-0.2, 0) is 13.6 Å². The first-order valence-corrected chi connectivity index (χ1v) is 6.98. The van der Waals surface area contributed by atoms with E-state index >= 15 is 0 Å². The SMILES string of the molecule is CC1CCC(CN)C(N(C)Cc2cnn(C)c2)C1. The minimum Gasteiger partial charge on any atom is -0.330 e. The van der Waals surface area contributed by atoms with Crippen LogP contribution in [0.4, 0.5) is 0 Å². The van der Waals surface area contributed by atoms with Gasteiger partial charge < -0.3 is 5.73 Å². The van der Waals surface area contributed by atoms with Crippen molar-refractivity contribution in [1.29, 1.82) is 0 Å². The largest absolute Gasteiger partial charge is 0.330 e. The molecule has 1 aromatic rings. The monoisotopic (exact) mass is 250 g/mol. The Labute approximate surface area is 110 Å². The van der Waals surface area contributed by atoms with Gasteiger partial charge in [0.1, 0.15) is 0 Å². The van der Waals surface area contributed by atoms with Crippen LogP contribution in [0.25, 0.3) is 0 Å². The molecule has 4 heteroatoms. The molecule has 18 heavy (non-hydrogen) atoms. The number of aromatic nitrogens is 2. The van der Waals surface area contributed by atoms with Gasteiger partial charge in [-0.15, -0.1) is 0 Å². The van der Waals surface area contributed by atoms with Gasteiger partial charge in [-0.1, -0.05) is 13.3 Å². The van der Waals surface area contributed by atoms with Crippen LogP contribution in [0.1, 0.15) is 31.7 Å². The van der Waals surface area contributed by atoms with Gasteiger partial charge >= 0.3 is 0 Å². The van der Waals surface area contributed by atoms with E-state index in [1.165, 1.54) is 24.8 Å². The van der Waals surface area contributed by atoms with Crippen molar-refractivity contribution in [2.45, 2.75) is 38.8 Å². The molecule has 0 spiro atoms. The first-order chi connectivity index (χ1) is 8.60. The van der Waals surface area contributed by atoms with E-state index in [4.69, 9.17) is 5.73 Å². The lowest BCUT2D eigenvalue weighted by Crippen LogP contribution is -2.44. The molecule has 0 bridgehead atoms. The molecule has 1 heterocycles. The van der Waals surface area contributed by atoms with Crippen LogP contribution >= 0.6 is 0 Å².